The molecule has 7 unspecified atom stereocenters. The van der Waals surface area contributed by atoms with E-state index >= 15 is 0 Å². The van der Waals surface area contributed by atoms with Crippen LogP contribution in [0.5, 0.6) is 0 Å². The van der Waals surface area contributed by atoms with Crippen molar-refractivity contribution in [3.63, 3.8) is 0 Å². The highest BCUT2D eigenvalue weighted by atomic mass is 19.2. The third-order valence-corrected chi connectivity index (χ3v) is 11.5. The first-order chi connectivity index (χ1) is 19.1. The number of halogens is 2. The summed E-state index contributed by atoms with van der Waals surface area (Å²) in [6.45, 7) is 14.0. The monoisotopic (exact) mass is 557 g/mol. The lowest BCUT2D eigenvalue weighted by Crippen LogP contribution is -2.56. The maximum atomic E-state index is 14.2. The molecule has 0 amide bonds. The normalized spacial score (nSPS) is 36.9. The van der Waals surface area contributed by atoms with Gasteiger partial charge in [0.2, 0.25) is 0 Å². The van der Waals surface area contributed by atoms with Crippen LogP contribution in [0.4, 0.5) is 8.78 Å². The van der Waals surface area contributed by atoms with Gasteiger partial charge in [-0.25, -0.2) is 8.78 Å². The van der Waals surface area contributed by atoms with E-state index in [9.17, 15) is 13.6 Å². The van der Waals surface area contributed by atoms with Gasteiger partial charge in [-0.15, -0.1) is 5.10 Å². The first-order valence-electron chi connectivity index (χ1n) is 16.0. The molecule has 7 heteroatoms. The van der Waals surface area contributed by atoms with Crippen LogP contribution in [0.2, 0.25) is 0 Å². The number of carbonyl (C=O) groups excluding carboxylic acids is 1. The molecular formula is C33H49F2N3O2. The molecule has 4 fully saturated rings. The van der Waals surface area contributed by atoms with E-state index in [1.165, 1.54) is 49.4 Å². The van der Waals surface area contributed by atoms with Gasteiger partial charge in [0.1, 0.15) is 12.1 Å². The number of rotatable bonds is 6. The van der Waals surface area contributed by atoms with Crippen LogP contribution < -0.4 is 0 Å². The molecule has 4 saturated carbocycles. The van der Waals surface area contributed by atoms with Gasteiger partial charge >= 0.3 is 0 Å². The van der Waals surface area contributed by atoms with Crippen molar-refractivity contribution in [2.75, 3.05) is 6.61 Å². The molecule has 0 aliphatic heterocycles. The number of benzene rings is 1. The van der Waals surface area contributed by atoms with E-state index in [0.717, 1.165) is 43.8 Å². The minimum absolute atomic E-state index is 0.0168. The van der Waals surface area contributed by atoms with Gasteiger partial charge in [-0.2, -0.15) is 9.90 Å². The quantitative estimate of drug-likeness (QED) is 0.361. The lowest BCUT2D eigenvalue weighted by molar-refractivity contribution is -0.163. The zero-order chi connectivity index (χ0) is 28.8. The average molecular weight is 558 g/mol. The molecule has 40 heavy (non-hydrogen) atoms. The summed E-state index contributed by atoms with van der Waals surface area (Å²) in [6, 6.07) is 2.47. The topological polar surface area (TPSA) is 57.0 Å². The first kappa shape index (κ1) is 29.6. The lowest BCUT2D eigenvalue weighted by Gasteiger charge is -2.62. The van der Waals surface area contributed by atoms with Crippen LogP contribution in [0, 0.1) is 58.0 Å². The maximum absolute atomic E-state index is 14.2. The van der Waals surface area contributed by atoms with Crippen LogP contribution in [0.15, 0.2) is 12.1 Å². The SMILES string of the molecule is CC.CC1CCC2(COC(C)C)C(CCC3C2CCC2(C)C3CC[C@@H]2C(=O)Cn2nc3ccc(F)c(F)c3n2)C1. The van der Waals surface area contributed by atoms with Crippen molar-refractivity contribution in [1.29, 1.82) is 0 Å². The van der Waals surface area contributed by atoms with E-state index < -0.39 is 11.6 Å². The zero-order valence-corrected chi connectivity index (χ0v) is 25.4. The summed E-state index contributed by atoms with van der Waals surface area (Å²) in [7, 11) is 0. The van der Waals surface area contributed by atoms with Crippen molar-refractivity contribution in [2.45, 2.75) is 112 Å². The summed E-state index contributed by atoms with van der Waals surface area (Å²) in [5.74, 6) is 1.63. The Morgan fingerprint density at radius 2 is 1.82 bits per heavy atom. The van der Waals surface area contributed by atoms with E-state index in [-0.39, 0.29) is 40.8 Å². The van der Waals surface area contributed by atoms with E-state index in [1.807, 2.05) is 13.8 Å². The summed E-state index contributed by atoms with van der Waals surface area (Å²) in [6.07, 6.45) is 11.0. The Labute approximate surface area is 238 Å². The molecule has 222 valence electrons. The van der Waals surface area contributed by atoms with Gasteiger partial charge in [0.25, 0.3) is 0 Å². The van der Waals surface area contributed by atoms with Gasteiger partial charge in [0.05, 0.1) is 12.7 Å². The molecule has 1 aromatic heterocycles. The molecule has 2 aromatic rings. The lowest BCUT2D eigenvalue weighted by atomic mass is 9.44. The van der Waals surface area contributed by atoms with Crippen molar-refractivity contribution < 1.29 is 18.3 Å². The molecular weight excluding hydrogens is 508 g/mol. The fraction of sp³-hybridized carbons (Fsp3) is 0.788. The van der Waals surface area contributed by atoms with E-state index in [4.69, 9.17) is 4.74 Å². The Hall–Kier alpha value is -1.89. The molecule has 6 rings (SSSR count). The number of hydrogen-bond acceptors (Lipinski definition) is 4. The number of aromatic nitrogens is 3. The van der Waals surface area contributed by atoms with Crippen LogP contribution in [0.1, 0.15) is 99.3 Å². The number of ether oxygens (including phenoxy) is 1. The van der Waals surface area contributed by atoms with Crippen LogP contribution in [-0.4, -0.2) is 33.5 Å². The van der Waals surface area contributed by atoms with Gasteiger partial charge in [-0.05, 0) is 118 Å². The van der Waals surface area contributed by atoms with E-state index in [1.54, 1.807) is 0 Å². The fourth-order valence-corrected chi connectivity index (χ4v) is 9.68. The third-order valence-electron chi connectivity index (χ3n) is 11.5. The molecule has 0 N–H and O–H groups in total. The van der Waals surface area contributed by atoms with Crippen molar-refractivity contribution in [2.24, 2.45) is 46.3 Å². The molecule has 0 saturated heterocycles. The summed E-state index contributed by atoms with van der Waals surface area (Å²) >= 11 is 0. The smallest absolute Gasteiger partial charge is 0.188 e. The highest BCUT2D eigenvalue weighted by Gasteiger charge is 2.62. The Bertz CT molecular complexity index is 1210. The van der Waals surface area contributed by atoms with Crippen molar-refractivity contribution in [3.05, 3.63) is 23.8 Å². The first-order valence-corrected chi connectivity index (χ1v) is 16.0. The Balaban J connectivity index is 0.00000158. The Morgan fingerprint density at radius 1 is 1.05 bits per heavy atom. The molecule has 0 radical (unpaired) electrons. The van der Waals surface area contributed by atoms with Crippen molar-refractivity contribution in [3.8, 4) is 0 Å². The molecule has 5 nitrogen and oxygen atoms in total. The largest absolute Gasteiger partial charge is 0.378 e. The van der Waals surface area contributed by atoms with Gasteiger partial charge < -0.3 is 4.74 Å². The Kier molecular flexibility index (Phi) is 8.45. The minimum Gasteiger partial charge on any atom is -0.378 e. The zero-order valence-electron chi connectivity index (χ0n) is 25.4. The van der Waals surface area contributed by atoms with Crippen LogP contribution in [-0.2, 0) is 16.1 Å². The molecule has 4 aliphatic rings. The molecule has 4 aliphatic carbocycles. The highest BCUT2D eigenvalue weighted by Crippen LogP contribution is 2.68. The predicted molar refractivity (Wildman–Crippen MR) is 154 cm³/mol. The van der Waals surface area contributed by atoms with Gasteiger partial charge in [0, 0.05) is 5.92 Å². The number of hydrogen-bond donors (Lipinski definition) is 0. The van der Waals surface area contributed by atoms with Crippen molar-refractivity contribution >= 4 is 16.8 Å². The van der Waals surface area contributed by atoms with E-state index in [2.05, 4.69) is 37.9 Å². The number of nitrogens with zero attached hydrogens (tertiary/aromatic N) is 3. The maximum Gasteiger partial charge on any atom is 0.188 e. The van der Waals surface area contributed by atoms with Crippen molar-refractivity contribution in [1.82, 2.24) is 15.0 Å². The molecule has 0 bridgehead atoms. The summed E-state index contributed by atoms with van der Waals surface area (Å²) in [4.78, 5) is 14.9. The Morgan fingerprint density at radius 3 is 2.58 bits per heavy atom. The second-order valence-electron chi connectivity index (χ2n) is 13.7. The number of fused-ring (bicyclic) bond motifs is 6. The third kappa shape index (κ3) is 4.92. The van der Waals surface area contributed by atoms with Crippen LogP contribution in [0.3, 0.4) is 0 Å². The summed E-state index contributed by atoms with van der Waals surface area (Å²) in [5, 5.41) is 8.41. The molecule has 8 atom stereocenters. The van der Waals surface area contributed by atoms with Gasteiger partial charge in [0.15, 0.2) is 22.9 Å². The summed E-state index contributed by atoms with van der Waals surface area (Å²) in [5.41, 5.74) is 0.444. The predicted octanol–water partition coefficient (Wildman–Crippen LogP) is 8.00. The van der Waals surface area contributed by atoms with Crippen LogP contribution >= 0.6 is 0 Å². The van der Waals surface area contributed by atoms with Gasteiger partial charge in [-0.1, -0.05) is 34.1 Å². The minimum atomic E-state index is -1.00. The molecule has 0 spiro atoms. The second kappa shape index (κ2) is 11.4. The second-order valence-corrected chi connectivity index (χ2v) is 13.7. The fourth-order valence-electron chi connectivity index (χ4n) is 9.68. The van der Waals surface area contributed by atoms with E-state index in [0.29, 0.717) is 23.2 Å². The number of carbonyl (C=O) groups is 1. The van der Waals surface area contributed by atoms with Gasteiger partial charge in [-0.3, -0.25) is 4.79 Å². The number of Topliss-reactive ketones (excluding diaryl/α,β-unsaturated/α-hetero) is 1. The number of ketones is 1. The summed E-state index contributed by atoms with van der Waals surface area (Å²) < 4.78 is 34.2. The standard InChI is InChI=1S/C31H43F2N3O2.C2H6/c1-18(2)38-17-31-14-11-19(3)15-20(31)5-6-21-22-7-8-24(30(22,4)13-12-23(21)31)27(37)16-36-34-26-10-9-25(32)28(33)29(26)35-36;1-2/h9-10,18-24H,5-8,11-17H2,1-4H3;1-2H3/t19?,20?,21?,22?,23?,24-,30?,31?;/m1./s1. The molecule has 1 heterocycles. The van der Waals surface area contributed by atoms with Crippen LogP contribution in [0.25, 0.3) is 11.0 Å². The average Bonchev–Trinajstić information content (AvgIpc) is 3.51. The molecule has 1 aromatic carbocycles. The highest BCUT2D eigenvalue weighted by molar-refractivity contribution is 5.82.